The molecule has 5 nitrogen and oxygen atoms in total. The van der Waals surface area contributed by atoms with Crippen LogP contribution >= 0.6 is 0 Å². The number of aromatic nitrogens is 1. The van der Waals surface area contributed by atoms with E-state index in [1.807, 2.05) is 19.9 Å². The molecule has 0 amide bonds. The second-order valence-corrected chi connectivity index (χ2v) is 5.55. The van der Waals surface area contributed by atoms with Crippen molar-refractivity contribution in [3.63, 3.8) is 0 Å². The number of ether oxygens (including phenoxy) is 1. The third-order valence-corrected chi connectivity index (χ3v) is 3.45. The second kappa shape index (κ2) is 6.32. The van der Waals surface area contributed by atoms with Crippen LogP contribution in [0.1, 0.15) is 13.8 Å². The van der Waals surface area contributed by atoms with E-state index in [-0.39, 0.29) is 11.9 Å². The van der Waals surface area contributed by atoms with Gasteiger partial charge in [-0.1, -0.05) is 0 Å². The van der Waals surface area contributed by atoms with Crippen LogP contribution in [-0.2, 0) is 0 Å². The van der Waals surface area contributed by atoms with Crippen molar-refractivity contribution in [2.24, 2.45) is 9.98 Å². The van der Waals surface area contributed by atoms with Crippen LogP contribution < -0.4 is 20.8 Å². The summed E-state index contributed by atoms with van der Waals surface area (Å²) in [6.07, 6.45) is -0.0754. The minimum absolute atomic E-state index is 0.0754. The molecule has 1 aromatic heterocycles. The highest BCUT2D eigenvalue weighted by atomic mass is 19.1. The largest absolute Gasteiger partial charge is 0.488 e. The summed E-state index contributed by atoms with van der Waals surface area (Å²) in [4.78, 5) is 13.5. The summed E-state index contributed by atoms with van der Waals surface area (Å²) in [5, 5.41) is 4.59. The van der Waals surface area contributed by atoms with Gasteiger partial charge >= 0.3 is 0 Å². The molecule has 0 aliphatic carbocycles. The average Bonchev–Trinajstić information content (AvgIpc) is 2.55. The van der Waals surface area contributed by atoms with E-state index in [1.54, 1.807) is 19.2 Å². The van der Waals surface area contributed by atoms with Crippen molar-refractivity contribution in [2.75, 3.05) is 25.5 Å². The SMILES string of the molecule is CNc1nc(-c2ccc(OC(C)C)c(F)c2)cc2c1=NCCN=2. The third-order valence-electron chi connectivity index (χ3n) is 3.45. The first kappa shape index (κ1) is 15.4. The predicted octanol–water partition coefficient (Wildman–Crippen LogP) is 1.97. The Labute approximate surface area is 134 Å². The number of anilines is 1. The lowest BCUT2D eigenvalue weighted by molar-refractivity contribution is 0.231. The fraction of sp³-hybridized carbons (Fsp3) is 0.353. The summed E-state index contributed by atoms with van der Waals surface area (Å²) in [6, 6.07) is 6.71. The second-order valence-electron chi connectivity index (χ2n) is 5.55. The van der Waals surface area contributed by atoms with Crippen molar-refractivity contribution < 1.29 is 9.13 Å². The maximum atomic E-state index is 14.2. The van der Waals surface area contributed by atoms with E-state index in [1.165, 1.54) is 6.07 Å². The Balaban J connectivity index is 2.08. The number of nitrogens with zero attached hydrogens (tertiary/aromatic N) is 3. The van der Waals surface area contributed by atoms with Gasteiger partial charge in [-0.3, -0.25) is 9.98 Å². The molecule has 1 aliphatic rings. The molecule has 1 aromatic carbocycles. The molecule has 1 aliphatic heterocycles. The van der Waals surface area contributed by atoms with E-state index in [0.717, 1.165) is 10.7 Å². The van der Waals surface area contributed by atoms with Gasteiger partial charge in [0, 0.05) is 12.6 Å². The van der Waals surface area contributed by atoms with Crippen molar-refractivity contribution in [3.05, 3.63) is 40.8 Å². The fourth-order valence-corrected chi connectivity index (χ4v) is 2.47. The van der Waals surface area contributed by atoms with Crippen LogP contribution in [-0.4, -0.2) is 31.2 Å². The van der Waals surface area contributed by atoms with E-state index in [9.17, 15) is 4.39 Å². The lowest BCUT2D eigenvalue weighted by Gasteiger charge is -2.12. The Morgan fingerprint density at radius 2 is 1.96 bits per heavy atom. The number of benzene rings is 1. The summed E-state index contributed by atoms with van der Waals surface area (Å²) < 4.78 is 19.6. The van der Waals surface area contributed by atoms with Crippen molar-refractivity contribution in [1.82, 2.24) is 4.98 Å². The predicted molar refractivity (Wildman–Crippen MR) is 87.0 cm³/mol. The molecule has 2 heterocycles. The molecule has 0 unspecified atom stereocenters. The highest BCUT2D eigenvalue weighted by molar-refractivity contribution is 5.62. The van der Waals surface area contributed by atoms with Crippen molar-refractivity contribution >= 4 is 5.82 Å². The van der Waals surface area contributed by atoms with Gasteiger partial charge in [0.2, 0.25) is 0 Å². The first-order valence-corrected chi connectivity index (χ1v) is 7.63. The van der Waals surface area contributed by atoms with Crippen molar-refractivity contribution in [3.8, 4) is 17.0 Å². The first-order chi connectivity index (χ1) is 11.1. The summed E-state index contributed by atoms with van der Waals surface area (Å²) in [6.45, 7) is 5.05. The van der Waals surface area contributed by atoms with Gasteiger partial charge in [-0.15, -0.1) is 0 Å². The molecule has 6 heteroatoms. The Morgan fingerprint density at radius 1 is 1.17 bits per heavy atom. The van der Waals surface area contributed by atoms with Gasteiger partial charge in [0.05, 0.1) is 30.2 Å². The van der Waals surface area contributed by atoms with Crippen LogP contribution in [0.4, 0.5) is 10.2 Å². The normalized spacial score (nSPS) is 13.1. The van der Waals surface area contributed by atoms with Crippen LogP contribution in [0.15, 0.2) is 34.3 Å². The molecule has 120 valence electrons. The van der Waals surface area contributed by atoms with Gasteiger partial charge in [-0.2, -0.15) is 0 Å². The van der Waals surface area contributed by atoms with Gasteiger partial charge in [-0.05, 0) is 38.1 Å². The van der Waals surface area contributed by atoms with Gasteiger partial charge in [0.15, 0.2) is 17.4 Å². The third kappa shape index (κ3) is 3.16. The lowest BCUT2D eigenvalue weighted by atomic mass is 10.1. The molecule has 1 N–H and O–H groups in total. The molecule has 0 saturated heterocycles. The summed E-state index contributed by atoms with van der Waals surface area (Å²) in [5.41, 5.74) is 1.34. The summed E-state index contributed by atoms with van der Waals surface area (Å²) in [7, 11) is 1.79. The standard InChI is InChI=1S/C17H19FN4O/c1-10(2)23-15-5-4-11(8-12(15)18)13-9-14-16(17(19-3)22-13)21-7-6-20-14/h4-5,8-10H,6-7H2,1-3H3,(H,19,22). The van der Waals surface area contributed by atoms with E-state index in [4.69, 9.17) is 4.74 Å². The maximum Gasteiger partial charge on any atom is 0.165 e. The highest BCUT2D eigenvalue weighted by Crippen LogP contribution is 2.25. The Morgan fingerprint density at radius 3 is 2.65 bits per heavy atom. The molecule has 0 bridgehead atoms. The van der Waals surface area contributed by atoms with Crippen LogP contribution in [0.5, 0.6) is 5.75 Å². The molecular weight excluding hydrogens is 295 g/mol. The first-order valence-electron chi connectivity index (χ1n) is 7.63. The number of nitrogens with one attached hydrogen (secondary N) is 1. The fourth-order valence-electron chi connectivity index (χ4n) is 2.47. The zero-order valence-corrected chi connectivity index (χ0v) is 13.4. The molecule has 23 heavy (non-hydrogen) atoms. The van der Waals surface area contributed by atoms with E-state index < -0.39 is 5.82 Å². The molecule has 3 rings (SSSR count). The molecule has 2 aromatic rings. The maximum absolute atomic E-state index is 14.2. The topological polar surface area (TPSA) is 58.9 Å². The lowest BCUT2D eigenvalue weighted by Crippen LogP contribution is -2.33. The molecular formula is C17H19FN4O. The number of pyridine rings is 1. The van der Waals surface area contributed by atoms with Gasteiger partial charge in [-0.25, -0.2) is 9.37 Å². The summed E-state index contributed by atoms with van der Waals surface area (Å²) in [5.74, 6) is 0.502. The van der Waals surface area contributed by atoms with Crippen LogP contribution in [0.2, 0.25) is 0 Å². The van der Waals surface area contributed by atoms with Crippen molar-refractivity contribution in [1.29, 1.82) is 0 Å². The number of halogens is 1. The van der Waals surface area contributed by atoms with Crippen LogP contribution in [0.25, 0.3) is 11.3 Å². The average molecular weight is 314 g/mol. The zero-order valence-electron chi connectivity index (χ0n) is 13.4. The molecule has 0 atom stereocenters. The summed E-state index contributed by atoms with van der Waals surface area (Å²) >= 11 is 0. The smallest absolute Gasteiger partial charge is 0.165 e. The Kier molecular flexibility index (Phi) is 4.23. The van der Waals surface area contributed by atoms with Crippen LogP contribution in [0, 0.1) is 5.82 Å². The Bertz CT molecular complexity index is 848. The van der Waals surface area contributed by atoms with Crippen LogP contribution in [0.3, 0.4) is 0 Å². The highest BCUT2D eigenvalue weighted by Gasteiger charge is 2.11. The van der Waals surface area contributed by atoms with Gasteiger partial charge in [0.1, 0.15) is 5.36 Å². The number of hydrogen-bond donors (Lipinski definition) is 1. The molecule has 0 spiro atoms. The monoisotopic (exact) mass is 314 g/mol. The number of rotatable bonds is 4. The van der Waals surface area contributed by atoms with E-state index in [0.29, 0.717) is 30.2 Å². The molecule has 0 saturated carbocycles. The van der Waals surface area contributed by atoms with E-state index >= 15 is 0 Å². The number of hydrogen-bond acceptors (Lipinski definition) is 5. The zero-order chi connectivity index (χ0) is 16.4. The molecule has 0 radical (unpaired) electrons. The van der Waals surface area contributed by atoms with Gasteiger partial charge < -0.3 is 10.1 Å². The Hall–Kier alpha value is -2.50. The minimum Gasteiger partial charge on any atom is -0.488 e. The molecule has 0 fully saturated rings. The van der Waals surface area contributed by atoms with Crippen molar-refractivity contribution in [2.45, 2.75) is 20.0 Å². The van der Waals surface area contributed by atoms with Gasteiger partial charge in [0.25, 0.3) is 0 Å². The quantitative estimate of drug-likeness (QED) is 0.938. The minimum atomic E-state index is -0.400. The number of fused-ring (bicyclic) bond motifs is 1. The van der Waals surface area contributed by atoms with E-state index in [2.05, 4.69) is 20.3 Å².